The lowest BCUT2D eigenvalue weighted by Crippen LogP contribution is -2.28. The average Bonchev–Trinajstić information content (AvgIpc) is 2.24. The molecular weight excluding hydrogens is 192 g/mol. The molecular formula is C10H18N4O. The molecule has 0 aliphatic heterocycles. The van der Waals surface area contributed by atoms with Gasteiger partial charge in [-0.1, -0.05) is 0 Å². The van der Waals surface area contributed by atoms with Crippen molar-refractivity contribution >= 4 is 11.6 Å². The quantitative estimate of drug-likeness (QED) is 0.707. The maximum Gasteiger partial charge on any atom is 0.134 e. The zero-order chi connectivity index (χ0) is 11.1. The Morgan fingerprint density at radius 3 is 2.80 bits per heavy atom. The number of nitrogens with zero attached hydrogens (tertiary/aromatic N) is 3. The van der Waals surface area contributed by atoms with Gasteiger partial charge < -0.3 is 15.4 Å². The molecule has 0 bridgehead atoms. The van der Waals surface area contributed by atoms with Crippen molar-refractivity contribution in [1.82, 2.24) is 9.97 Å². The largest absolute Gasteiger partial charge is 0.384 e. The normalized spacial score (nSPS) is 10.3. The molecule has 0 aromatic carbocycles. The summed E-state index contributed by atoms with van der Waals surface area (Å²) in [7, 11) is 0. The van der Waals surface area contributed by atoms with Crippen LogP contribution in [0.25, 0.3) is 0 Å². The summed E-state index contributed by atoms with van der Waals surface area (Å²) in [5.41, 5.74) is 5.60. The van der Waals surface area contributed by atoms with Gasteiger partial charge in [-0.15, -0.1) is 0 Å². The summed E-state index contributed by atoms with van der Waals surface area (Å²) in [6.45, 7) is 7.20. The van der Waals surface area contributed by atoms with Crippen molar-refractivity contribution in [3.63, 3.8) is 0 Å². The number of nitrogens with two attached hydrogens (primary N) is 1. The Labute approximate surface area is 90.3 Å². The maximum atomic E-state index is 5.60. The fourth-order valence-corrected chi connectivity index (χ4v) is 1.29. The third kappa shape index (κ3) is 3.71. The van der Waals surface area contributed by atoms with Gasteiger partial charge in [0.15, 0.2) is 0 Å². The smallest absolute Gasteiger partial charge is 0.134 e. The van der Waals surface area contributed by atoms with E-state index in [0.29, 0.717) is 12.4 Å². The summed E-state index contributed by atoms with van der Waals surface area (Å²) in [4.78, 5) is 10.1. The van der Waals surface area contributed by atoms with E-state index in [1.807, 2.05) is 6.92 Å². The first-order valence-electron chi connectivity index (χ1n) is 5.18. The Kier molecular flexibility index (Phi) is 4.83. The first-order chi connectivity index (χ1) is 7.27. The van der Waals surface area contributed by atoms with Crippen LogP contribution in [0.5, 0.6) is 0 Å². The molecule has 0 radical (unpaired) electrons. The standard InChI is InChI=1S/C10H18N4O/c1-3-14(5-6-15-4-2)10-7-9(11)12-8-13-10/h7-8H,3-6H2,1-2H3,(H2,11,12,13). The van der Waals surface area contributed by atoms with E-state index in [-0.39, 0.29) is 0 Å². The lowest BCUT2D eigenvalue weighted by molar-refractivity contribution is 0.154. The van der Waals surface area contributed by atoms with Gasteiger partial charge in [-0.25, -0.2) is 9.97 Å². The van der Waals surface area contributed by atoms with Crippen molar-refractivity contribution in [3.05, 3.63) is 12.4 Å². The van der Waals surface area contributed by atoms with Crippen LogP contribution in [0.3, 0.4) is 0 Å². The molecule has 0 aliphatic rings. The Bertz CT molecular complexity index is 293. The molecule has 2 N–H and O–H groups in total. The Hall–Kier alpha value is -1.36. The topological polar surface area (TPSA) is 64.3 Å². The second kappa shape index (κ2) is 6.19. The lowest BCUT2D eigenvalue weighted by atomic mass is 10.4. The van der Waals surface area contributed by atoms with E-state index < -0.39 is 0 Å². The predicted molar refractivity (Wildman–Crippen MR) is 60.8 cm³/mol. The van der Waals surface area contributed by atoms with Crippen molar-refractivity contribution < 1.29 is 4.74 Å². The second-order valence-corrected chi connectivity index (χ2v) is 3.08. The molecule has 0 amide bonds. The molecule has 1 rings (SSSR count). The van der Waals surface area contributed by atoms with Gasteiger partial charge in [0.05, 0.1) is 6.61 Å². The van der Waals surface area contributed by atoms with Crippen LogP contribution in [-0.4, -0.2) is 36.3 Å². The highest BCUT2D eigenvalue weighted by atomic mass is 16.5. The third-order valence-electron chi connectivity index (χ3n) is 2.09. The number of aromatic nitrogens is 2. The van der Waals surface area contributed by atoms with E-state index in [0.717, 1.165) is 25.5 Å². The van der Waals surface area contributed by atoms with Crippen molar-refractivity contribution in [1.29, 1.82) is 0 Å². The highest BCUT2D eigenvalue weighted by Crippen LogP contribution is 2.10. The Balaban J connectivity index is 2.57. The number of likely N-dealkylation sites (N-methyl/N-ethyl adjacent to an activating group) is 1. The van der Waals surface area contributed by atoms with Crippen LogP contribution in [-0.2, 0) is 4.74 Å². The maximum absolute atomic E-state index is 5.60. The second-order valence-electron chi connectivity index (χ2n) is 3.08. The molecule has 0 aliphatic carbocycles. The number of rotatable bonds is 6. The van der Waals surface area contributed by atoms with Crippen molar-refractivity contribution in [2.75, 3.05) is 36.9 Å². The van der Waals surface area contributed by atoms with Gasteiger partial charge >= 0.3 is 0 Å². The molecule has 1 aromatic rings. The van der Waals surface area contributed by atoms with Crippen molar-refractivity contribution in [2.45, 2.75) is 13.8 Å². The number of ether oxygens (including phenoxy) is 1. The lowest BCUT2D eigenvalue weighted by Gasteiger charge is -2.21. The van der Waals surface area contributed by atoms with Crippen LogP contribution in [0.2, 0.25) is 0 Å². The zero-order valence-electron chi connectivity index (χ0n) is 9.31. The van der Waals surface area contributed by atoms with Crippen LogP contribution in [0, 0.1) is 0 Å². The van der Waals surface area contributed by atoms with Crippen LogP contribution >= 0.6 is 0 Å². The first kappa shape index (κ1) is 11.7. The van der Waals surface area contributed by atoms with E-state index >= 15 is 0 Å². The van der Waals surface area contributed by atoms with E-state index in [1.165, 1.54) is 6.33 Å². The summed E-state index contributed by atoms with van der Waals surface area (Å²) in [6.07, 6.45) is 1.48. The van der Waals surface area contributed by atoms with Gasteiger partial charge in [0.2, 0.25) is 0 Å². The predicted octanol–water partition coefficient (Wildman–Crippen LogP) is 0.922. The molecule has 5 heteroatoms. The summed E-state index contributed by atoms with van der Waals surface area (Å²) in [5, 5.41) is 0. The fourth-order valence-electron chi connectivity index (χ4n) is 1.29. The zero-order valence-corrected chi connectivity index (χ0v) is 9.31. The minimum Gasteiger partial charge on any atom is -0.384 e. The molecule has 0 atom stereocenters. The van der Waals surface area contributed by atoms with Crippen LogP contribution < -0.4 is 10.6 Å². The molecule has 0 saturated carbocycles. The van der Waals surface area contributed by atoms with Gasteiger partial charge in [-0.2, -0.15) is 0 Å². The summed E-state index contributed by atoms with van der Waals surface area (Å²) < 4.78 is 5.30. The van der Waals surface area contributed by atoms with Crippen molar-refractivity contribution in [2.24, 2.45) is 0 Å². The van der Waals surface area contributed by atoms with E-state index in [4.69, 9.17) is 10.5 Å². The van der Waals surface area contributed by atoms with Crippen LogP contribution in [0.15, 0.2) is 12.4 Å². The molecule has 84 valence electrons. The number of anilines is 2. The van der Waals surface area contributed by atoms with E-state index in [9.17, 15) is 0 Å². The number of hydrogen-bond acceptors (Lipinski definition) is 5. The fraction of sp³-hybridized carbons (Fsp3) is 0.600. The third-order valence-corrected chi connectivity index (χ3v) is 2.09. The summed E-state index contributed by atoms with van der Waals surface area (Å²) in [6, 6.07) is 1.77. The van der Waals surface area contributed by atoms with Gasteiger partial charge in [0.25, 0.3) is 0 Å². The SMILES string of the molecule is CCOCCN(CC)c1cc(N)ncn1. The Morgan fingerprint density at radius 2 is 2.20 bits per heavy atom. The molecule has 0 saturated heterocycles. The molecule has 0 unspecified atom stereocenters. The van der Waals surface area contributed by atoms with Gasteiger partial charge in [0, 0.05) is 25.8 Å². The van der Waals surface area contributed by atoms with Gasteiger partial charge in [0.1, 0.15) is 18.0 Å². The minimum absolute atomic E-state index is 0.495. The molecule has 1 heterocycles. The van der Waals surface area contributed by atoms with Crippen LogP contribution in [0.1, 0.15) is 13.8 Å². The van der Waals surface area contributed by atoms with Gasteiger partial charge in [-0.3, -0.25) is 0 Å². The molecule has 1 aromatic heterocycles. The monoisotopic (exact) mass is 210 g/mol. The molecule has 5 nitrogen and oxygen atoms in total. The highest BCUT2D eigenvalue weighted by molar-refractivity contribution is 5.45. The highest BCUT2D eigenvalue weighted by Gasteiger charge is 2.05. The van der Waals surface area contributed by atoms with Crippen LogP contribution in [0.4, 0.5) is 11.6 Å². The molecule has 0 spiro atoms. The first-order valence-corrected chi connectivity index (χ1v) is 5.18. The Morgan fingerprint density at radius 1 is 1.40 bits per heavy atom. The van der Waals surface area contributed by atoms with E-state index in [1.54, 1.807) is 6.07 Å². The van der Waals surface area contributed by atoms with Crippen molar-refractivity contribution in [3.8, 4) is 0 Å². The average molecular weight is 210 g/mol. The van der Waals surface area contributed by atoms with Gasteiger partial charge in [-0.05, 0) is 13.8 Å². The molecule has 0 fully saturated rings. The number of nitrogen functional groups attached to an aromatic ring is 1. The number of hydrogen-bond donors (Lipinski definition) is 1. The summed E-state index contributed by atoms with van der Waals surface area (Å²) in [5.74, 6) is 1.35. The minimum atomic E-state index is 0.495. The molecule has 15 heavy (non-hydrogen) atoms. The van der Waals surface area contributed by atoms with E-state index in [2.05, 4.69) is 21.8 Å². The summed E-state index contributed by atoms with van der Waals surface area (Å²) >= 11 is 0.